The van der Waals surface area contributed by atoms with Crippen LogP contribution in [0.2, 0.25) is 0 Å². The minimum absolute atomic E-state index is 0.747. The highest BCUT2D eigenvalue weighted by atomic mass is 15.1. The van der Waals surface area contributed by atoms with E-state index in [9.17, 15) is 0 Å². The van der Waals surface area contributed by atoms with Gasteiger partial charge in [-0.1, -0.05) is 6.07 Å². The van der Waals surface area contributed by atoms with Crippen molar-refractivity contribution in [1.29, 1.82) is 0 Å². The van der Waals surface area contributed by atoms with Crippen LogP contribution in [0.4, 0.5) is 11.5 Å². The molecule has 84 valence electrons. The number of nitrogens with zero attached hydrogens (tertiary/aromatic N) is 1. The zero-order valence-electron chi connectivity index (χ0n) is 9.76. The molecule has 2 aromatic rings. The third-order valence-corrected chi connectivity index (χ3v) is 2.60. The zero-order chi connectivity index (χ0) is 11.7. The van der Waals surface area contributed by atoms with Gasteiger partial charge in [-0.3, -0.25) is 0 Å². The van der Waals surface area contributed by atoms with E-state index in [2.05, 4.69) is 15.3 Å². The molecule has 4 heteroatoms. The van der Waals surface area contributed by atoms with Crippen LogP contribution in [0.3, 0.4) is 0 Å². The van der Waals surface area contributed by atoms with Crippen LogP contribution >= 0.6 is 0 Å². The highest BCUT2D eigenvalue weighted by Gasteiger charge is 2.09. The maximum absolute atomic E-state index is 5.97. The molecule has 4 nitrogen and oxygen atoms in total. The molecular formula is C12H16N4. The van der Waals surface area contributed by atoms with Gasteiger partial charge < -0.3 is 16.0 Å². The number of aromatic amines is 1. The van der Waals surface area contributed by atoms with Gasteiger partial charge in [0.15, 0.2) is 0 Å². The van der Waals surface area contributed by atoms with Crippen LogP contribution in [0.15, 0.2) is 18.2 Å². The van der Waals surface area contributed by atoms with Crippen molar-refractivity contribution in [3.05, 3.63) is 29.5 Å². The van der Waals surface area contributed by atoms with Gasteiger partial charge >= 0.3 is 0 Å². The molecule has 4 N–H and O–H groups in total. The lowest BCUT2D eigenvalue weighted by Gasteiger charge is -2.03. The highest BCUT2D eigenvalue weighted by molar-refractivity contribution is 5.73. The van der Waals surface area contributed by atoms with Crippen LogP contribution < -0.4 is 11.1 Å². The summed E-state index contributed by atoms with van der Waals surface area (Å²) in [5.74, 6) is 1.73. The predicted octanol–water partition coefficient (Wildman–Crippen LogP) is 2.32. The Bertz CT molecular complexity index is 514. The number of hydrogen-bond acceptors (Lipinski definition) is 3. The first-order valence-electron chi connectivity index (χ1n) is 5.22. The van der Waals surface area contributed by atoms with Gasteiger partial charge in [0.1, 0.15) is 11.6 Å². The van der Waals surface area contributed by atoms with Gasteiger partial charge in [0.2, 0.25) is 0 Å². The van der Waals surface area contributed by atoms with Crippen LogP contribution in [0.25, 0.3) is 11.4 Å². The van der Waals surface area contributed by atoms with E-state index in [0.717, 1.165) is 34.2 Å². The number of nitrogens with two attached hydrogens (primary N) is 1. The van der Waals surface area contributed by atoms with Crippen LogP contribution in [0, 0.1) is 13.8 Å². The maximum atomic E-state index is 5.97. The molecule has 0 spiro atoms. The van der Waals surface area contributed by atoms with Crippen molar-refractivity contribution in [1.82, 2.24) is 9.97 Å². The molecule has 0 radical (unpaired) electrons. The van der Waals surface area contributed by atoms with Gasteiger partial charge in [-0.25, -0.2) is 4.98 Å². The minimum Gasteiger partial charge on any atom is -0.398 e. The van der Waals surface area contributed by atoms with E-state index < -0.39 is 0 Å². The number of aryl methyl sites for hydroxylation is 2. The van der Waals surface area contributed by atoms with Crippen LogP contribution in [-0.4, -0.2) is 17.0 Å². The Morgan fingerprint density at radius 2 is 2.06 bits per heavy atom. The van der Waals surface area contributed by atoms with Crippen LogP contribution in [-0.2, 0) is 0 Å². The fourth-order valence-electron chi connectivity index (χ4n) is 1.73. The summed E-state index contributed by atoms with van der Waals surface area (Å²) in [6.07, 6.45) is 0. The Morgan fingerprint density at radius 3 is 2.62 bits per heavy atom. The average molecular weight is 216 g/mol. The van der Waals surface area contributed by atoms with Gasteiger partial charge in [-0.05, 0) is 31.5 Å². The van der Waals surface area contributed by atoms with E-state index in [1.807, 2.05) is 39.1 Å². The van der Waals surface area contributed by atoms with E-state index in [-0.39, 0.29) is 0 Å². The summed E-state index contributed by atoms with van der Waals surface area (Å²) >= 11 is 0. The number of rotatable bonds is 2. The van der Waals surface area contributed by atoms with Crippen molar-refractivity contribution < 1.29 is 0 Å². The molecule has 1 aromatic carbocycles. The third-order valence-electron chi connectivity index (χ3n) is 2.60. The smallest absolute Gasteiger partial charge is 0.141 e. The van der Waals surface area contributed by atoms with E-state index in [1.54, 1.807) is 0 Å². The number of anilines is 2. The summed E-state index contributed by atoms with van der Waals surface area (Å²) in [5.41, 5.74) is 9.75. The molecule has 0 aliphatic heterocycles. The Hall–Kier alpha value is -1.97. The lowest BCUT2D eigenvalue weighted by Crippen LogP contribution is -1.92. The van der Waals surface area contributed by atoms with Gasteiger partial charge in [-0.2, -0.15) is 0 Å². The van der Waals surface area contributed by atoms with E-state index in [0.29, 0.717) is 0 Å². The normalized spacial score (nSPS) is 10.4. The van der Waals surface area contributed by atoms with Crippen molar-refractivity contribution in [2.24, 2.45) is 0 Å². The summed E-state index contributed by atoms with van der Waals surface area (Å²) in [4.78, 5) is 7.65. The molecule has 0 aliphatic rings. The van der Waals surface area contributed by atoms with Crippen molar-refractivity contribution in [2.75, 3.05) is 18.1 Å². The molecule has 0 aliphatic carbocycles. The fourth-order valence-corrected chi connectivity index (χ4v) is 1.73. The number of hydrogen-bond donors (Lipinski definition) is 3. The average Bonchev–Trinajstić information content (AvgIpc) is 2.59. The summed E-state index contributed by atoms with van der Waals surface area (Å²) in [7, 11) is 1.86. The van der Waals surface area contributed by atoms with Gasteiger partial charge in [0, 0.05) is 18.3 Å². The molecule has 16 heavy (non-hydrogen) atoms. The van der Waals surface area contributed by atoms with E-state index in [1.165, 1.54) is 0 Å². The van der Waals surface area contributed by atoms with Crippen molar-refractivity contribution in [3.8, 4) is 11.4 Å². The number of nitrogen functional groups attached to an aromatic ring is 1. The third kappa shape index (κ3) is 1.74. The molecule has 0 bridgehead atoms. The zero-order valence-corrected chi connectivity index (χ0v) is 9.76. The first-order chi connectivity index (χ1) is 7.61. The second-order valence-corrected chi connectivity index (χ2v) is 3.89. The summed E-state index contributed by atoms with van der Waals surface area (Å²) in [6, 6.07) is 5.97. The molecule has 0 amide bonds. The number of benzene rings is 1. The topological polar surface area (TPSA) is 66.7 Å². The molecule has 1 aromatic heterocycles. The fraction of sp³-hybridized carbons (Fsp3) is 0.250. The Morgan fingerprint density at radius 1 is 1.31 bits per heavy atom. The molecule has 0 saturated heterocycles. The quantitative estimate of drug-likeness (QED) is 0.675. The van der Waals surface area contributed by atoms with E-state index in [4.69, 9.17) is 5.73 Å². The summed E-state index contributed by atoms with van der Waals surface area (Å²) in [5, 5.41) is 3.06. The SMILES string of the molecule is CNc1[nH]c(-c2ccc(C)cc2N)nc1C. The number of imidazole rings is 1. The van der Waals surface area contributed by atoms with Gasteiger partial charge in [0.05, 0.1) is 5.69 Å². The Labute approximate surface area is 94.9 Å². The van der Waals surface area contributed by atoms with Crippen molar-refractivity contribution in [2.45, 2.75) is 13.8 Å². The molecule has 0 fully saturated rings. The standard InChI is InChI=1S/C12H16N4/c1-7-4-5-9(10(13)6-7)12-15-8(2)11(14-3)16-12/h4-6,14H,13H2,1-3H3,(H,15,16). The van der Waals surface area contributed by atoms with Gasteiger partial charge in [0.25, 0.3) is 0 Å². The molecule has 0 saturated carbocycles. The minimum atomic E-state index is 0.747. The lowest BCUT2D eigenvalue weighted by atomic mass is 10.1. The maximum Gasteiger partial charge on any atom is 0.141 e. The lowest BCUT2D eigenvalue weighted by molar-refractivity contribution is 1.25. The summed E-state index contributed by atoms with van der Waals surface area (Å²) < 4.78 is 0. The molecule has 0 unspecified atom stereocenters. The molecule has 1 heterocycles. The van der Waals surface area contributed by atoms with Crippen LogP contribution in [0.5, 0.6) is 0 Å². The van der Waals surface area contributed by atoms with Crippen LogP contribution in [0.1, 0.15) is 11.3 Å². The van der Waals surface area contributed by atoms with Crippen molar-refractivity contribution >= 4 is 11.5 Å². The largest absolute Gasteiger partial charge is 0.398 e. The Kier molecular flexibility index (Phi) is 2.56. The Balaban J connectivity index is 2.50. The second kappa shape index (κ2) is 3.89. The van der Waals surface area contributed by atoms with Gasteiger partial charge in [-0.15, -0.1) is 0 Å². The number of aromatic nitrogens is 2. The molecule has 0 atom stereocenters. The number of nitrogens with one attached hydrogen (secondary N) is 2. The van der Waals surface area contributed by atoms with Crippen molar-refractivity contribution in [3.63, 3.8) is 0 Å². The molecule has 2 rings (SSSR count). The predicted molar refractivity (Wildman–Crippen MR) is 67.5 cm³/mol. The second-order valence-electron chi connectivity index (χ2n) is 3.89. The first kappa shape index (κ1) is 10.5. The monoisotopic (exact) mass is 216 g/mol. The molecular weight excluding hydrogens is 200 g/mol. The highest BCUT2D eigenvalue weighted by Crippen LogP contribution is 2.26. The number of H-pyrrole nitrogens is 1. The first-order valence-corrected chi connectivity index (χ1v) is 5.22. The summed E-state index contributed by atoms with van der Waals surface area (Å²) in [6.45, 7) is 3.97. The van der Waals surface area contributed by atoms with E-state index >= 15 is 0 Å².